The first-order valence-electron chi connectivity index (χ1n) is 8.73. The van der Waals surface area contributed by atoms with Crippen molar-refractivity contribution in [1.29, 1.82) is 0 Å². The molecule has 0 aliphatic carbocycles. The Morgan fingerprint density at radius 3 is 2.52 bits per heavy atom. The minimum atomic E-state index is 0. The lowest BCUT2D eigenvalue weighted by Crippen LogP contribution is -2.37. The fraction of sp³-hybridized carbons (Fsp3) is 0.400. The van der Waals surface area contributed by atoms with Crippen LogP contribution in [0.3, 0.4) is 0 Å². The molecule has 1 aromatic carbocycles. The molecule has 0 bridgehead atoms. The summed E-state index contributed by atoms with van der Waals surface area (Å²) in [7, 11) is 3.36. The number of benzene rings is 1. The summed E-state index contributed by atoms with van der Waals surface area (Å²) in [4.78, 5) is 9.17. The molecule has 2 rings (SSSR count). The maximum atomic E-state index is 5.47. The molecule has 1 aromatic heterocycles. The van der Waals surface area contributed by atoms with Crippen molar-refractivity contribution >= 4 is 29.9 Å². The summed E-state index contributed by atoms with van der Waals surface area (Å²) >= 11 is 0. The lowest BCUT2D eigenvalue weighted by atomic mass is 10.1. The molecule has 0 amide bonds. The number of ether oxygens (including phenoxy) is 2. The zero-order valence-corrected chi connectivity index (χ0v) is 19.0. The highest BCUT2D eigenvalue weighted by atomic mass is 127. The van der Waals surface area contributed by atoms with Crippen LogP contribution < -0.4 is 20.1 Å². The molecule has 0 radical (unpaired) electrons. The van der Waals surface area contributed by atoms with Crippen LogP contribution in [-0.4, -0.2) is 31.7 Å². The Labute approximate surface area is 178 Å². The summed E-state index contributed by atoms with van der Waals surface area (Å²) in [6, 6.07) is 7.90. The molecule has 1 heterocycles. The molecular formula is C20H29IN4O2. The summed E-state index contributed by atoms with van der Waals surface area (Å²) in [5.41, 5.74) is 4.06. The van der Waals surface area contributed by atoms with Gasteiger partial charge >= 0.3 is 0 Å². The Balaban J connectivity index is 0.00000364. The lowest BCUT2D eigenvalue weighted by Gasteiger charge is -2.15. The molecule has 148 valence electrons. The number of methoxy groups -OCH3 is 2. The van der Waals surface area contributed by atoms with Gasteiger partial charge in [0.2, 0.25) is 0 Å². The number of nitrogens with one attached hydrogen (secondary N) is 2. The van der Waals surface area contributed by atoms with E-state index in [2.05, 4.69) is 20.6 Å². The van der Waals surface area contributed by atoms with Gasteiger partial charge in [0.25, 0.3) is 0 Å². The van der Waals surface area contributed by atoms with E-state index in [9.17, 15) is 0 Å². The van der Waals surface area contributed by atoms with Gasteiger partial charge in [-0.05, 0) is 26.8 Å². The summed E-state index contributed by atoms with van der Waals surface area (Å²) in [5.74, 6) is 2.46. The Morgan fingerprint density at radius 2 is 1.85 bits per heavy atom. The van der Waals surface area contributed by atoms with E-state index >= 15 is 0 Å². The zero-order chi connectivity index (χ0) is 18.9. The Morgan fingerprint density at radius 1 is 1.11 bits per heavy atom. The highest BCUT2D eigenvalue weighted by molar-refractivity contribution is 14.0. The average Bonchev–Trinajstić information content (AvgIpc) is 2.65. The van der Waals surface area contributed by atoms with Crippen LogP contribution in [0, 0.1) is 13.8 Å². The Bertz CT molecular complexity index is 766. The zero-order valence-electron chi connectivity index (χ0n) is 16.6. The molecule has 0 aliphatic rings. The van der Waals surface area contributed by atoms with Crippen LogP contribution in [0.1, 0.15) is 29.3 Å². The van der Waals surface area contributed by atoms with Crippen molar-refractivity contribution in [1.82, 2.24) is 15.6 Å². The second kappa shape index (κ2) is 11.6. The third-order valence-electron chi connectivity index (χ3n) is 4.12. The largest absolute Gasteiger partial charge is 0.496 e. The molecule has 6 nitrogen and oxygen atoms in total. The standard InChI is InChI=1S/C20H28N4O2.HI/c1-6-21-20(23-12-16-9-7-8-10-18(16)25-4)24-13-17-15(3)19(26-5)14(2)11-22-17;/h7-11H,6,12-13H2,1-5H3,(H2,21,23,24);1H. The van der Waals surface area contributed by atoms with Gasteiger partial charge in [-0.1, -0.05) is 18.2 Å². The molecule has 0 unspecified atom stereocenters. The fourth-order valence-corrected chi connectivity index (χ4v) is 2.76. The van der Waals surface area contributed by atoms with Gasteiger partial charge in [0.05, 0.1) is 33.0 Å². The molecule has 2 N–H and O–H groups in total. The van der Waals surface area contributed by atoms with Crippen LogP contribution in [0.5, 0.6) is 11.5 Å². The highest BCUT2D eigenvalue weighted by Gasteiger charge is 2.10. The van der Waals surface area contributed by atoms with Crippen LogP contribution in [0.25, 0.3) is 0 Å². The normalized spacial score (nSPS) is 10.8. The average molecular weight is 484 g/mol. The van der Waals surface area contributed by atoms with Gasteiger partial charge in [-0.15, -0.1) is 24.0 Å². The van der Waals surface area contributed by atoms with Crippen LogP contribution in [0.2, 0.25) is 0 Å². The predicted octanol–water partition coefficient (Wildman–Crippen LogP) is 3.59. The third kappa shape index (κ3) is 6.27. The van der Waals surface area contributed by atoms with Gasteiger partial charge in [-0.2, -0.15) is 0 Å². The fourth-order valence-electron chi connectivity index (χ4n) is 2.76. The maximum absolute atomic E-state index is 5.47. The Kier molecular flexibility index (Phi) is 9.92. The van der Waals surface area contributed by atoms with Crippen molar-refractivity contribution in [2.24, 2.45) is 4.99 Å². The number of halogens is 1. The van der Waals surface area contributed by atoms with Crippen molar-refractivity contribution in [3.63, 3.8) is 0 Å². The first-order chi connectivity index (χ1) is 12.6. The quantitative estimate of drug-likeness (QED) is 0.357. The molecule has 0 atom stereocenters. The second-order valence-electron chi connectivity index (χ2n) is 5.91. The molecule has 0 fully saturated rings. The number of hydrogen-bond acceptors (Lipinski definition) is 4. The summed E-state index contributed by atoms with van der Waals surface area (Å²) in [5, 5.41) is 6.60. The van der Waals surface area contributed by atoms with Crippen molar-refractivity contribution in [3.8, 4) is 11.5 Å². The third-order valence-corrected chi connectivity index (χ3v) is 4.12. The SMILES string of the molecule is CCNC(=NCc1ccccc1OC)NCc1ncc(C)c(OC)c1C.I. The van der Waals surface area contributed by atoms with E-state index in [-0.39, 0.29) is 24.0 Å². The number of aliphatic imine (C=N–C) groups is 1. The number of rotatable bonds is 7. The van der Waals surface area contributed by atoms with Crippen molar-refractivity contribution in [2.45, 2.75) is 33.9 Å². The number of hydrogen-bond donors (Lipinski definition) is 2. The van der Waals surface area contributed by atoms with Crippen LogP contribution in [-0.2, 0) is 13.1 Å². The highest BCUT2D eigenvalue weighted by Crippen LogP contribution is 2.23. The second-order valence-corrected chi connectivity index (χ2v) is 5.91. The number of pyridine rings is 1. The van der Waals surface area contributed by atoms with Crippen LogP contribution >= 0.6 is 24.0 Å². The molecule has 0 aliphatic heterocycles. The van der Waals surface area contributed by atoms with Crippen molar-refractivity contribution in [2.75, 3.05) is 20.8 Å². The number of para-hydroxylation sites is 1. The minimum absolute atomic E-state index is 0. The maximum Gasteiger partial charge on any atom is 0.191 e. The lowest BCUT2D eigenvalue weighted by molar-refractivity contribution is 0.406. The molecule has 27 heavy (non-hydrogen) atoms. The van der Waals surface area contributed by atoms with Gasteiger partial charge in [0.1, 0.15) is 11.5 Å². The predicted molar refractivity (Wildman–Crippen MR) is 120 cm³/mol. The van der Waals surface area contributed by atoms with Gasteiger partial charge in [-0.3, -0.25) is 4.98 Å². The van der Waals surface area contributed by atoms with Crippen LogP contribution in [0.15, 0.2) is 35.5 Å². The molecule has 0 spiro atoms. The minimum Gasteiger partial charge on any atom is -0.496 e. The summed E-state index contributed by atoms with van der Waals surface area (Å²) < 4.78 is 10.9. The Hall–Kier alpha value is -2.03. The topological polar surface area (TPSA) is 67.8 Å². The summed E-state index contributed by atoms with van der Waals surface area (Å²) in [6.45, 7) is 7.94. The van der Waals surface area contributed by atoms with Gasteiger partial charge < -0.3 is 20.1 Å². The van der Waals surface area contributed by atoms with E-state index in [1.807, 2.05) is 51.2 Å². The van der Waals surface area contributed by atoms with E-state index in [0.717, 1.165) is 46.4 Å². The van der Waals surface area contributed by atoms with E-state index < -0.39 is 0 Å². The van der Waals surface area contributed by atoms with Crippen molar-refractivity contribution < 1.29 is 9.47 Å². The summed E-state index contributed by atoms with van der Waals surface area (Å²) in [6.07, 6.45) is 1.84. The van der Waals surface area contributed by atoms with Gasteiger partial charge in [-0.25, -0.2) is 4.99 Å². The number of aromatic nitrogens is 1. The monoisotopic (exact) mass is 484 g/mol. The van der Waals surface area contributed by atoms with Gasteiger partial charge in [0.15, 0.2) is 5.96 Å². The van der Waals surface area contributed by atoms with E-state index in [1.165, 1.54) is 0 Å². The van der Waals surface area contributed by atoms with Crippen molar-refractivity contribution in [3.05, 3.63) is 52.8 Å². The number of aryl methyl sites for hydroxylation is 1. The number of nitrogens with zero attached hydrogens (tertiary/aromatic N) is 2. The van der Waals surface area contributed by atoms with Crippen LogP contribution in [0.4, 0.5) is 0 Å². The molecule has 0 saturated carbocycles. The van der Waals surface area contributed by atoms with E-state index in [4.69, 9.17) is 9.47 Å². The molecule has 7 heteroatoms. The molecule has 2 aromatic rings. The van der Waals surface area contributed by atoms with E-state index in [0.29, 0.717) is 13.1 Å². The smallest absolute Gasteiger partial charge is 0.191 e. The van der Waals surface area contributed by atoms with E-state index in [1.54, 1.807) is 14.2 Å². The number of guanidine groups is 1. The first kappa shape index (κ1) is 23.0. The molecule has 0 saturated heterocycles. The van der Waals surface area contributed by atoms with Gasteiger partial charge in [0, 0.05) is 29.4 Å². The molecular weight excluding hydrogens is 455 g/mol. The first-order valence-corrected chi connectivity index (χ1v) is 8.73.